The van der Waals surface area contributed by atoms with Crippen molar-refractivity contribution in [2.24, 2.45) is 0 Å². The Morgan fingerprint density at radius 2 is 1.75 bits per heavy atom. The van der Waals surface area contributed by atoms with Gasteiger partial charge in [0.25, 0.3) is 5.91 Å². The molecule has 0 atom stereocenters. The lowest BCUT2D eigenvalue weighted by atomic mass is 10.1. The first kappa shape index (κ1) is 18.1. The van der Waals surface area contributed by atoms with Crippen LogP contribution in [0.3, 0.4) is 0 Å². The van der Waals surface area contributed by atoms with Crippen molar-refractivity contribution in [3.63, 3.8) is 0 Å². The van der Waals surface area contributed by atoms with Crippen molar-refractivity contribution in [3.8, 4) is 11.5 Å². The Morgan fingerprint density at radius 3 is 2.33 bits per heavy atom. The van der Waals surface area contributed by atoms with E-state index in [2.05, 4.69) is 5.32 Å². The van der Waals surface area contributed by atoms with Crippen molar-refractivity contribution in [2.75, 3.05) is 19.0 Å². The van der Waals surface area contributed by atoms with Crippen LogP contribution in [0, 0.1) is 0 Å². The molecule has 0 heterocycles. The van der Waals surface area contributed by atoms with E-state index in [9.17, 15) is 9.59 Å². The molecular formula is C17H15Cl2NO4. The number of hydrogen-bond donors (Lipinski definition) is 1. The number of hydrogen-bond acceptors (Lipinski definition) is 4. The lowest BCUT2D eigenvalue weighted by Gasteiger charge is -2.12. The number of carbonyl (C=O) groups is 2. The van der Waals surface area contributed by atoms with E-state index in [-0.39, 0.29) is 12.4 Å². The molecule has 126 valence electrons. The molecule has 2 aromatic rings. The lowest BCUT2D eigenvalue weighted by molar-refractivity contribution is -0.118. The summed E-state index contributed by atoms with van der Waals surface area (Å²) in [5.74, 6) is 0.197. The Labute approximate surface area is 149 Å². The Bertz CT molecular complexity index is 757. The van der Waals surface area contributed by atoms with Crippen LogP contribution in [-0.2, 0) is 4.79 Å². The highest BCUT2D eigenvalue weighted by molar-refractivity contribution is 6.39. The SMILES string of the molecule is COc1cc(C(C)=O)ccc1OCC(=O)Nc1c(Cl)cccc1Cl. The van der Waals surface area contributed by atoms with Crippen molar-refractivity contribution in [1.82, 2.24) is 0 Å². The maximum Gasteiger partial charge on any atom is 0.262 e. The van der Waals surface area contributed by atoms with E-state index in [4.69, 9.17) is 32.7 Å². The van der Waals surface area contributed by atoms with Crippen molar-refractivity contribution in [2.45, 2.75) is 6.92 Å². The van der Waals surface area contributed by atoms with E-state index in [1.165, 1.54) is 14.0 Å². The van der Waals surface area contributed by atoms with Crippen LogP contribution < -0.4 is 14.8 Å². The highest BCUT2D eigenvalue weighted by Crippen LogP contribution is 2.30. The van der Waals surface area contributed by atoms with Gasteiger partial charge >= 0.3 is 0 Å². The number of ketones is 1. The molecule has 0 spiro atoms. The zero-order valence-electron chi connectivity index (χ0n) is 13.1. The highest BCUT2D eigenvalue weighted by atomic mass is 35.5. The van der Waals surface area contributed by atoms with Crippen LogP contribution in [0.25, 0.3) is 0 Å². The average Bonchev–Trinajstić information content (AvgIpc) is 2.56. The third kappa shape index (κ3) is 4.40. The number of amides is 1. The fourth-order valence-electron chi connectivity index (χ4n) is 1.94. The number of Topliss-reactive ketones (excluding diaryl/α,β-unsaturated/α-hetero) is 1. The molecule has 0 saturated carbocycles. The van der Waals surface area contributed by atoms with Gasteiger partial charge < -0.3 is 14.8 Å². The fraction of sp³-hybridized carbons (Fsp3) is 0.176. The molecule has 0 aromatic heterocycles. The Hall–Kier alpha value is -2.24. The Kier molecular flexibility index (Phi) is 6.06. The van der Waals surface area contributed by atoms with Crippen LogP contribution in [0.4, 0.5) is 5.69 Å². The zero-order chi connectivity index (χ0) is 17.7. The van der Waals surface area contributed by atoms with Gasteiger partial charge in [-0.15, -0.1) is 0 Å². The highest BCUT2D eigenvalue weighted by Gasteiger charge is 2.13. The maximum atomic E-state index is 12.0. The van der Waals surface area contributed by atoms with E-state index >= 15 is 0 Å². The van der Waals surface area contributed by atoms with Gasteiger partial charge in [-0.05, 0) is 37.3 Å². The van der Waals surface area contributed by atoms with Crippen LogP contribution in [0.5, 0.6) is 11.5 Å². The minimum atomic E-state index is -0.428. The molecule has 1 amide bonds. The molecule has 0 unspecified atom stereocenters. The standard InChI is InChI=1S/C17H15Cl2NO4/c1-10(21)11-6-7-14(15(8-11)23-2)24-9-16(22)20-17-12(18)4-3-5-13(17)19/h3-8H,9H2,1-2H3,(H,20,22). The van der Waals surface area contributed by atoms with Gasteiger partial charge in [0.15, 0.2) is 23.9 Å². The molecule has 0 radical (unpaired) electrons. The van der Waals surface area contributed by atoms with Gasteiger partial charge in [0.1, 0.15) is 0 Å². The number of halogens is 2. The third-order valence-corrected chi connectivity index (χ3v) is 3.79. The minimum absolute atomic E-state index is 0.0917. The van der Waals surface area contributed by atoms with Crippen molar-refractivity contribution in [1.29, 1.82) is 0 Å². The number of anilines is 1. The largest absolute Gasteiger partial charge is 0.493 e. The van der Waals surface area contributed by atoms with E-state index in [0.29, 0.717) is 32.8 Å². The van der Waals surface area contributed by atoms with Crippen molar-refractivity contribution in [3.05, 3.63) is 52.0 Å². The molecule has 2 aromatic carbocycles. The second-order valence-electron chi connectivity index (χ2n) is 4.86. The van der Waals surface area contributed by atoms with Crippen molar-refractivity contribution >= 4 is 40.6 Å². The summed E-state index contributed by atoms with van der Waals surface area (Å²) in [5, 5.41) is 3.26. The number of methoxy groups -OCH3 is 1. The monoisotopic (exact) mass is 367 g/mol. The first-order chi connectivity index (χ1) is 11.4. The summed E-state index contributed by atoms with van der Waals surface area (Å²) in [6, 6.07) is 9.65. The lowest BCUT2D eigenvalue weighted by Crippen LogP contribution is -2.20. The predicted octanol–water partition coefficient (Wildman–Crippen LogP) is 4.22. The first-order valence-electron chi connectivity index (χ1n) is 6.98. The predicted molar refractivity (Wildman–Crippen MR) is 93.6 cm³/mol. The molecule has 0 fully saturated rings. The van der Waals surface area contributed by atoms with Gasteiger partial charge in [-0.25, -0.2) is 0 Å². The first-order valence-corrected chi connectivity index (χ1v) is 7.73. The smallest absolute Gasteiger partial charge is 0.262 e. The summed E-state index contributed by atoms with van der Waals surface area (Å²) in [6.45, 7) is 1.19. The molecule has 7 heteroatoms. The molecule has 2 rings (SSSR count). The molecule has 1 N–H and O–H groups in total. The fourth-order valence-corrected chi connectivity index (χ4v) is 2.43. The molecule has 0 saturated heterocycles. The number of benzene rings is 2. The van der Waals surface area contributed by atoms with Crippen LogP contribution >= 0.6 is 23.2 Å². The molecule has 0 aliphatic heterocycles. The van der Waals surface area contributed by atoms with Gasteiger partial charge in [-0.2, -0.15) is 0 Å². The summed E-state index contributed by atoms with van der Waals surface area (Å²) in [7, 11) is 1.45. The minimum Gasteiger partial charge on any atom is -0.493 e. The zero-order valence-corrected chi connectivity index (χ0v) is 14.6. The van der Waals surface area contributed by atoms with E-state index in [1.807, 2.05) is 0 Å². The summed E-state index contributed by atoms with van der Waals surface area (Å²) in [5.41, 5.74) is 0.819. The number of para-hydroxylation sites is 1. The van der Waals surface area contributed by atoms with Gasteiger partial charge in [0.05, 0.1) is 22.8 Å². The van der Waals surface area contributed by atoms with Crippen molar-refractivity contribution < 1.29 is 19.1 Å². The summed E-state index contributed by atoms with van der Waals surface area (Å²) < 4.78 is 10.6. The molecule has 0 aliphatic carbocycles. The van der Waals surface area contributed by atoms with E-state index in [1.54, 1.807) is 36.4 Å². The van der Waals surface area contributed by atoms with Crippen LogP contribution in [0.15, 0.2) is 36.4 Å². The van der Waals surface area contributed by atoms with Gasteiger partial charge in [-0.3, -0.25) is 9.59 Å². The molecular weight excluding hydrogens is 353 g/mol. The molecule has 0 aliphatic rings. The van der Waals surface area contributed by atoms with Gasteiger partial charge in [-0.1, -0.05) is 29.3 Å². The number of nitrogens with one attached hydrogen (secondary N) is 1. The van der Waals surface area contributed by atoms with Gasteiger partial charge in [0.2, 0.25) is 0 Å². The second kappa shape index (κ2) is 8.04. The normalized spacial score (nSPS) is 10.2. The molecule has 5 nitrogen and oxygen atoms in total. The summed E-state index contributed by atoms with van der Waals surface area (Å²) in [4.78, 5) is 23.4. The van der Waals surface area contributed by atoms with E-state index in [0.717, 1.165) is 0 Å². The van der Waals surface area contributed by atoms with Crippen LogP contribution in [0.2, 0.25) is 10.0 Å². The number of ether oxygens (including phenoxy) is 2. The second-order valence-corrected chi connectivity index (χ2v) is 5.67. The topological polar surface area (TPSA) is 64.6 Å². The quantitative estimate of drug-likeness (QED) is 0.776. The molecule has 0 bridgehead atoms. The Balaban J connectivity index is 2.05. The van der Waals surface area contributed by atoms with Crippen LogP contribution in [0.1, 0.15) is 17.3 Å². The molecule has 24 heavy (non-hydrogen) atoms. The number of carbonyl (C=O) groups excluding carboxylic acids is 2. The number of rotatable bonds is 6. The Morgan fingerprint density at radius 1 is 1.08 bits per heavy atom. The summed E-state index contributed by atoms with van der Waals surface area (Å²) in [6.07, 6.45) is 0. The van der Waals surface area contributed by atoms with Gasteiger partial charge in [0, 0.05) is 5.56 Å². The van der Waals surface area contributed by atoms with Crippen LogP contribution in [-0.4, -0.2) is 25.4 Å². The maximum absolute atomic E-state index is 12.0. The third-order valence-electron chi connectivity index (χ3n) is 3.16. The summed E-state index contributed by atoms with van der Waals surface area (Å²) >= 11 is 12.0. The average molecular weight is 368 g/mol. The van der Waals surface area contributed by atoms with E-state index < -0.39 is 5.91 Å².